The number of hydrogen-bond donors (Lipinski definition) is 4. The molecule has 0 bridgehead atoms. The predicted molar refractivity (Wildman–Crippen MR) is 123 cm³/mol. The Labute approximate surface area is 183 Å². The van der Waals surface area contributed by atoms with Crippen molar-refractivity contribution in [1.29, 1.82) is 0 Å². The maximum atomic E-state index is 12.4. The second-order valence-corrected chi connectivity index (χ2v) is 6.61. The number of aromatic amines is 1. The molecular formula is C21H28Cl2N4O2. The van der Waals surface area contributed by atoms with Gasteiger partial charge < -0.3 is 26.5 Å². The number of nitrogens with two attached hydrogens (primary N) is 2. The van der Waals surface area contributed by atoms with E-state index in [1.165, 1.54) is 0 Å². The summed E-state index contributed by atoms with van der Waals surface area (Å²) in [4.78, 5) is 15.6. The summed E-state index contributed by atoms with van der Waals surface area (Å²) in [5.74, 6) is 0.670. The van der Waals surface area contributed by atoms with Crippen molar-refractivity contribution in [3.63, 3.8) is 0 Å². The van der Waals surface area contributed by atoms with Crippen molar-refractivity contribution >= 4 is 41.6 Å². The van der Waals surface area contributed by atoms with Gasteiger partial charge in [0.1, 0.15) is 11.4 Å². The second-order valence-electron chi connectivity index (χ2n) is 6.61. The first-order valence-corrected chi connectivity index (χ1v) is 9.11. The molecule has 6 nitrogen and oxygen atoms in total. The van der Waals surface area contributed by atoms with Gasteiger partial charge in [-0.25, -0.2) is 0 Å². The Balaban J connectivity index is 0.00000210. The topological polar surface area (TPSA) is 106 Å². The highest BCUT2D eigenvalue weighted by molar-refractivity contribution is 5.98. The quantitative estimate of drug-likeness (QED) is 0.431. The summed E-state index contributed by atoms with van der Waals surface area (Å²) in [6, 6.07) is 15.8. The van der Waals surface area contributed by atoms with Crippen LogP contribution in [0.5, 0.6) is 5.75 Å². The lowest BCUT2D eigenvalue weighted by Crippen LogP contribution is -2.37. The Morgan fingerprint density at radius 3 is 2.45 bits per heavy atom. The number of nitrogens with one attached hydrogen (secondary N) is 2. The van der Waals surface area contributed by atoms with Gasteiger partial charge in [0.25, 0.3) is 5.91 Å². The monoisotopic (exact) mass is 438 g/mol. The van der Waals surface area contributed by atoms with Crippen LogP contribution < -0.4 is 21.5 Å². The molecule has 0 spiro atoms. The molecule has 0 saturated heterocycles. The van der Waals surface area contributed by atoms with Gasteiger partial charge in [0.2, 0.25) is 0 Å². The summed E-state index contributed by atoms with van der Waals surface area (Å²) in [5, 5.41) is 3.87. The van der Waals surface area contributed by atoms with Crippen LogP contribution in [0.3, 0.4) is 0 Å². The van der Waals surface area contributed by atoms with Crippen LogP contribution in [0.15, 0.2) is 48.5 Å². The van der Waals surface area contributed by atoms with Crippen LogP contribution >= 0.6 is 24.8 Å². The Hall–Kier alpha value is -2.25. The van der Waals surface area contributed by atoms with E-state index in [1.807, 2.05) is 48.5 Å². The number of benzene rings is 2. The molecule has 158 valence electrons. The summed E-state index contributed by atoms with van der Waals surface area (Å²) in [6.45, 7) is 1.05. The minimum absolute atomic E-state index is 0. The number of H-pyrrole nitrogens is 1. The van der Waals surface area contributed by atoms with Crippen molar-refractivity contribution in [2.45, 2.75) is 18.9 Å². The van der Waals surface area contributed by atoms with Crippen molar-refractivity contribution in [3.8, 4) is 16.9 Å². The summed E-state index contributed by atoms with van der Waals surface area (Å²) in [6.07, 6.45) is 1.66. The average Bonchev–Trinajstić information content (AvgIpc) is 3.14. The molecule has 3 rings (SSSR count). The molecule has 0 fully saturated rings. The van der Waals surface area contributed by atoms with Crippen molar-refractivity contribution < 1.29 is 9.53 Å². The molecule has 8 heteroatoms. The minimum Gasteiger partial charge on any atom is -0.497 e. The lowest BCUT2D eigenvalue weighted by molar-refractivity contribution is 0.0946. The Bertz CT molecular complexity index is 913. The number of methoxy groups -OCH3 is 1. The fourth-order valence-electron chi connectivity index (χ4n) is 3.01. The van der Waals surface area contributed by atoms with E-state index in [9.17, 15) is 4.79 Å². The van der Waals surface area contributed by atoms with Crippen molar-refractivity contribution in [1.82, 2.24) is 10.3 Å². The van der Waals surface area contributed by atoms with Crippen LogP contribution in [-0.4, -0.2) is 37.1 Å². The zero-order chi connectivity index (χ0) is 19.2. The van der Waals surface area contributed by atoms with Gasteiger partial charge in [-0.3, -0.25) is 4.79 Å². The first-order valence-electron chi connectivity index (χ1n) is 9.11. The number of rotatable bonds is 8. The van der Waals surface area contributed by atoms with Gasteiger partial charge in [-0.1, -0.05) is 24.3 Å². The van der Waals surface area contributed by atoms with E-state index in [-0.39, 0.29) is 36.8 Å². The maximum absolute atomic E-state index is 12.4. The zero-order valence-corrected chi connectivity index (χ0v) is 17.9. The van der Waals surface area contributed by atoms with E-state index in [1.54, 1.807) is 7.11 Å². The molecule has 29 heavy (non-hydrogen) atoms. The van der Waals surface area contributed by atoms with Crippen LogP contribution in [0, 0.1) is 0 Å². The van der Waals surface area contributed by atoms with Gasteiger partial charge in [0.05, 0.1) is 7.11 Å². The highest BCUT2D eigenvalue weighted by Gasteiger charge is 2.11. The molecule has 6 N–H and O–H groups in total. The number of hydrogen-bond acceptors (Lipinski definition) is 4. The number of amides is 1. The SMILES string of the molecule is COc1ccc(-c2ccc3cc(C(=O)NC[C@@H](N)CCCN)[nH]c3c2)cc1.Cl.Cl. The molecule has 1 amide bonds. The van der Waals surface area contributed by atoms with Crippen molar-refractivity contribution in [2.24, 2.45) is 11.5 Å². The molecule has 0 saturated carbocycles. The third-order valence-electron chi connectivity index (χ3n) is 4.59. The minimum atomic E-state index is -0.152. The molecular weight excluding hydrogens is 411 g/mol. The largest absolute Gasteiger partial charge is 0.497 e. The van der Waals surface area contributed by atoms with Crippen LogP contribution in [-0.2, 0) is 0 Å². The third kappa shape index (κ3) is 6.37. The normalized spacial score (nSPS) is 11.3. The number of ether oxygens (including phenoxy) is 1. The molecule has 2 aromatic carbocycles. The smallest absolute Gasteiger partial charge is 0.267 e. The molecule has 0 aliphatic heterocycles. The summed E-state index contributed by atoms with van der Waals surface area (Å²) in [5.41, 5.74) is 15.1. The van der Waals surface area contributed by atoms with Gasteiger partial charge in [-0.05, 0) is 54.8 Å². The fourth-order valence-corrected chi connectivity index (χ4v) is 3.01. The standard InChI is InChI=1S/C21H26N4O2.2ClH/c1-27-18-8-6-14(7-9-18)15-4-5-16-12-20(25-19(16)11-15)21(26)24-13-17(23)3-2-10-22;;/h4-9,11-12,17,25H,2-3,10,13,22-23H2,1H3,(H,24,26);2*1H/t17-;;/m0../s1. The molecule has 3 aromatic rings. The molecule has 0 aliphatic carbocycles. The second kappa shape index (κ2) is 11.7. The van der Waals surface area contributed by atoms with E-state index < -0.39 is 0 Å². The average molecular weight is 439 g/mol. The summed E-state index contributed by atoms with van der Waals surface area (Å²) in [7, 11) is 1.65. The summed E-state index contributed by atoms with van der Waals surface area (Å²) < 4.78 is 5.20. The van der Waals surface area contributed by atoms with Crippen molar-refractivity contribution in [3.05, 3.63) is 54.2 Å². The van der Waals surface area contributed by atoms with Crippen LogP contribution in [0.25, 0.3) is 22.0 Å². The van der Waals surface area contributed by atoms with Crippen LogP contribution in [0.1, 0.15) is 23.3 Å². The highest BCUT2D eigenvalue weighted by atomic mass is 35.5. The van der Waals surface area contributed by atoms with Crippen molar-refractivity contribution in [2.75, 3.05) is 20.2 Å². The van der Waals surface area contributed by atoms with Gasteiger partial charge in [0.15, 0.2) is 0 Å². The number of aromatic nitrogens is 1. The van der Waals surface area contributed by atoms with Gasteiger partial charge in [0, 0.05) is 23.5 Å². The van der Waals surface area contributed by atoms with Gasteiger partial charge in [-0.2, -0.15) is 0 Å². The predicted octanol–water partition coefficient (Wildman–Crippen LogP) is 3.48. The molecule has 1 atom stereocenters. The van der Waals surface area contributed by atoms with Crippen LogP contribution in [0.2, 0.25) is 0 Å². The maximum Gasteiger partial charge on any atom is 0.267 e. The van der Waals surface area contributed by atoms with E-state index in [0.29, 0.717) is 18.8 Å². The lowest BCUT2D eigenvalue weighted by atomic mass is 10.0. The molecule has 0 radical (unpaired) electrons. The lowest BCUT2D eigenvalue weighted by Gasteiger charge is -2.11. The molecule has 1 aromatic heterocycles. The molecule has 1 heterocycles. The zero-order valence-electron chi connectivity index (χ0n) is 16.3. The van der Waals surface area contributed by atoms with E-state index >= 15 is 0 Å². The Morgan fingerprint density at radius 1 is 1.10 bits per heavy atom. The number of carbonyl (C=O) groups excluding carboxylic acids is 1. The Kier molecular flexibility index (Phi) is 9.98. The summed E-state index contributed by atoms with van der Waals surface area (Å²) >= 11 is 0. The number of carbonyl (C=O) groups is 1. The first-order chi connectivity index (χ1) is 13.1. The van der Waals surface area contributed by atoms with E-state index in [0.717, 1.165) is 40.6 Å². The van der Waals surface area contributed by atoms with Gasteiger partial charge in [-0.15, -0.1) is 24.8 Å². The Morgan fingerprint density at radius 2 is 1.79 bits per heavy atom. The molecule has 0 unspecified atom stereocenters. The number of halogens is 2. The third-order valence-corrected chi connectivity index (χ3v) is 4.59. The van der Waals surface area contributed by atoms with Gasteiger partial charge >= 0.3 is 0 Å². The highest BCUT2D eigenvalue weighted by Crippen LogP contribution is 2.26. The van der Waals surface area contributed by atoms with Crippen LogP contribution in [0.4, 0.5) is 0 Å². The number of fused-ring (bicyclic) bond motifs is 1. The first kappa shape index (κ1) is 24.8. The van der Waals surface area contributed by atoms with E-state index in [4.69, 9.17) is 16.2 Å². The van der Waals surface area contributed by atoms with E-state index in [2.05, 4.69) is 10.3 Å². The fraction of sp³-hybridized carbons (Fsp3) is 0.286. The molecule has 0 aliphatic rings.